The van der Waals surface area contributed by atoms with Gasteiger partial charge in [0.25, 0.3) is 0 Å². The summed E-state index contributed by atoms with van der Waals surface area (Å²) >= 11 is 0. The fourth-order valence-electron chi connectivity index (χ4n) is 2.55. The predicted molar refractivity (Wildman–Crippen MR) is 114 cm³/mol. The normalized spacial score (nSPS) is 12.4. The van der Waals surface area contributed by atoms with Crippen molar-refractivity contribution in [2.45, 2.75) is 26.1 Å². The summed E-state index contributed by atoms with van der Waals surface area (Å²) in [4.78, 5) is 4.62. The molecule has 1 unspecified atom stereocenters. The molecule has 0 aliphatic rings. The van der Waals surface area contributed by atoms with Crippen molar-refractivity contribution in [3.8, 4) is 5.75 Å². The Kier molecular flexibility index (Phi) is 9.41. The molecule has 0 amide bonds. The number of nitrogens with one attached hydrogen (secondary N) is 2. The second-order valence-corrected chi connectivity index (χ2v) is 7.51. The van der Waals surface area contributed by atoms with Crippen LogP contribution in [0, 0.1) is 0 Å². The van der Waals surface area contributed by atoms with Gasteiger partial charge in [0.15, 0.2) is 5.96 Å². The van der Waals surface area contributed by atoms with E-state index in [2.05, 4.69) is 15.6 Å². The van der Waals surface area contributed by atoms with Crippen molar-refractivity contribution < 1.29 is 8.95 Å². The molecule has 0 saturated heterocycles. The van der Waals surface area contributed by atoms with E-state index in [0.29, 0.717) is 31.2 Å². The molecular formula is C21H29N3O2S. The second-order valence-electron chi connectivity index (χ2n) is 5.94. The van der Waals surface area contributed by atoms with Crippen molar-refractivity contribution in [1.82, 2.24) is 10.6 Å². The number of para-hydroxylation sites is 1. The van der Waals surface area contributed by atoms with Gasteiger partial charge in [-0.3, -0.25) is 4.21 Å². The summed E-state index contributed by atoms with van der Waals surface area (Å²) in [5.41, 5.74) is 2.15. The van der Waals surface area contributed by atoms with E-state index in [4.69, 9.17) is 4.74 Å². The standard InChI is InChI=1S/C21H29N3O2S/c1-3-22-21(24-16-19-12-8-9-13-20(19)26-4-2)23-14-15-27(25)17-18-10-6-5-7-11-18/h5-13H,3-4,14-17H2,1-2H3,(H2,22,23,24). The Morgan fingerprint density at radius 1 is 1.04 bits per heavy atom. The van der Waals surface area contributed by atoms with Gasteiger partial charge in [-0.1, -0.05) is 48.5 Å². The fourth-order valence-corrected chi connectivity index (χ4v) is 3.59. The summed E-state index contributed by atoms with van der Waals surface area (Å²) in [5, 5.41) is 6.49. The largest absolute Gasteiger partial charge is 0.494 e. The third-order valence-corrected chi connectivity index (χ3v) is 5.13. The molecular weight excluding hydrogens is 358 g/mol. The van der Waals surface area contributed by atoms with Crippen molar-refractivity contribution in [3.63, 3.8) is 0 Å². The molecule has 0 fully saturated rings. The van der Waals surface area contributed by atoms with E-state index >= 15 is 0 Å². The first-order chi connectivity index (χ1) is 13.2. The highest BCUT2D eigenvalue weighted by atomic mass is 32.2. The maximum absolute atomic E-state index is 12.2. The van der Waals surface area contributed by atoms with Gasteiger partial charge in [0.2, 0.25) is 0 Å². The van der Waals surface area contributed by atoms with Crippen LogP contribution in [0.25, 0.3) is 0 Å². The summed E-state index contributed by atoms with van der Waals surface area (Å²) < 4.78 is 17.9. The van der Waals surface area contributed by atoms with Crippen molar-refractivity contribution >= 4 is 16.8 Å². The molecule has 146 valence electrons. The first kappa shape index (κ1) is 21.0. The number of rotatable bonds is 10. The molecule has 2 aromatic carbocycles. The zero-order valence-electron chi connectivity index (χ0n) is 16.1. The molecule has 0 heterocycles. The molecule has 0 saturated carbocycles. The minimum Gasteiger partial charge on any atom is -0.494 e. The van der Waals surface area contributed by atoms with E-state index in [9.17, 15) is 4.21 Å². The predicted octanol–water partition coefficient (Wildman–Crippen LogP) is 3.09. The van der Waals surface area contributed by atoms with Gasteiger partial charge < -0.3 is 15.4 Å². The first-order valence-corrected chi connectivity index (χ1v) is 10.8. The summed E-state index contributed by atoms with van der Waals surface area (Å²) in [7, 11) is -0.903. The molecule has 27 heavy (non-hydrogen) atoms. The minimum atomic E-state index is -0.903. The maximum Gasteiger partial charge on any atom is 0.191 e. The number of guanidine groups is 1. The van der Waals surface area contributed by atoms with Gasteiger partial charge in [-0.05, 0) is 25.5 Å². The Morgan fingerprint density at radius 3 is 2.52 bits per heavy atom. The molecule has 1 atom stereocenters. The molecule has 2 N–H and O–H groups in total. The van der Waals surface area contributed by atoms with Crippen LogP contribution < -0.4 is 15.4 Å². The molecule has 2 rings (SSSR count). The summed E-state index contributed by atoms with van der Waals surface area (Å²) in [6.45, 7) is 6.54. The topological polar surface area (TPSA) is 62.7 Å². The summed E-state index contributed by atoms with van der Waals surface area (Å²) in [6.07, 6.45) is 0. The fraction of sp³-hybridized carbons (Fsp3) is 0.381. The van der Waals surface area contributed by atoms with Gasteiger partial charge in [0, 0.05) is 41.0 Å². The minimum absolute atomic E-state index is 0.526. The SMILES string of the molecule is CCNC(=NCc1ccccc1OCC)NCCS(=O)Cc1ccccc1. The quantitative estimate of drug-likeness (QED) is 0.486. The van der Waals surface area contributed by atoms with Crippen LogP contribution in [0.3, 0.4) is 0 Å². The molecule has 6 heteroatoms. The van der Waals surface area contributed by atoms with Crippen molar-refractivity contribution in [2.75, 3.05) is 25.4 Å². The lowest BCUT2D eigenvalue weighted by Gasteiger charge is -2.12. The van der Waals surface area contributed by atoms with Crippen molar-refractivity contribution in [1.29, 1.82) is 0 Å². The number of hydrogen-bond acceptors (Lipinski definition) is 3. The Hall–Kier alpha value is -2.34. The number of benzene rings is 2. The summed E-state index contributed by atoms with van der Waals surface area (Å²) in [5.74, 6) is 2.75. The lowest BCUT2D eigenvalue weighted by molar-refractivity contribution is 0.336. The number of aliphatic imine (C=N–C) groups is 1. The maximum atomic E-state index is 12.2. The highest BCUT2D eigenvalue weighted by Gasteiger charge is 2.05. The third kappa shape index (κ3) is 7.83. The Morgan fingerprint density at radius 2 is 1.78 bits per heavy atom. The van der Waals surface area contributed by atoms with Crippen LogP contribution >= 0.6 is 0 Å². The number of hydrogen-bond donors (Lipinski definition) is 2. The molecule has 5 nitrogen and oxygen atoms in total. The van der Waals surface area contributed by atoms with Gasteiger partial charge in [-0.15, -0.1) is 0 Å². The zero-order valence-corrected chi connectivity index (χ0v) is 16.9. The van der Waals surface area contributed by atoms with Gasteiger partial charge in [0.1, 0.15) is 5.75 Å². The second kappa shape index (κ2) is 12.1. The Labute approximate surface area is 164 Å². The number of ether oxygens (including phenoxy) is 1. The number of nitrogens with zero attached hydrogens (tertiary/aromatic N) is 1. The van der Waals surface area contributed by atoms with Crippen LogP contribution in [0.1, 0.15) is 25.0 Å². The van der Waals surface area contributed by atoms with Crippen LogP contribution in [0.15, 0.2) is 59.6 Å². The van der Waals surface area contributed by atoms with Crippen LogP contribution in [0.5, 0.6) is 5.75 Å². The smallest absolute Gasteiger partial charge is 0.191 e. The highest BCUT2D eigenvalue weighted by Crippen LogP contribution is 2.18. The highest BCUT2D eigenvalue weighted by molar-refractivity contribution is 7.84. The molecule has 0 bridgehead atoms. The molecule has 0 aliphatic carbocycles. The van der Waals surface area contributed by atoms with Crippen molar-refractivity contribution in [3.05, 3.63) is 65.7 Å². The summed E-state index contributed by atoms with van der Waals surface area (Å²) in [6, 6.07) is 17.9. The van der Waals surface area contributed by atoms with E-state index in [1.54, 1.807) is 0 Å². The average Bonchev–Trinajstić information content (AvgIpc) is 2.68. The molecule has 0 aliphatic heterocycles. The van der Waals surface area contributed by atoms with Crippen LogP contribution in [-0.2, 0) is 23.1 Å². The molecule has 2 aromatic rings. The van der Waals surface area contributed by atoms with Crippen molar-refractivity contribution in [2.24, 2.45) is 4.99 Å². The Bertz CT molecular complexity index is 735. The lowest BCUT2D eigenvalue weighted by atomic mass is 10.2. The third-order valence-electron chi connectivity index (χ3n) is 3.82. The van der Waals surface area contributed by atoms with Crippen LogP contribution in [0.4, 0.5) is 0 Å². The van der Waals surface area contributed by atoms with E-state index < -0.39 is 10.8 Å². The van der Waals surface area contributed by atoms with Gasteiger partial charge >= 0.3 is 0 Å². The van der Waals surface area contributed by atoms with Gasteiger partial charge in [-0.2, -0.15) is 0 Å². The average molecular weight is 388 g/mol. The molecule has 0 spiro atoms. The van der Waals surface area contributed by atoms with E-state index in [1.807, 2.05) is 68.4 Å². The molecule has 0 aromatic heterocycles. The zero-order chi connectivity index (χ0) is 19.3. The first-order valence-electron chi connectivity index (χ1n) is 9.34. The Balaban J connectivity index is 1.85. The van der Waals surface area contributed by atoms with Gasteiger partial charge in [0.05, 0.1) is 13.2 Å². The van der Waals surface area contributed by atoms with Crippen LogP contribution in [0.2, 0.25) is 0 Å². The lowest BCUT2D eigenvalue weighted by Crippen LogP contribution is -2.39. The van der Waals surface area contributed by atoms with E-state index in [1.165, 1.54) is 0 Å². The van der Waals surface area contributed by atoms with E-state index in [0.717, 1.165) is 29.4 Å². The van der Waals surface area contributed by atoms with Gasteiger partial charge in [-0.25, -0.2) is 4.99 Å². The van der Waals surface area contributed by atoms with Crippen LogP contribution in [-0.4, -0.2) is 35.6 Å². The van der Waals surface area contributed by atoms with E-state index in [-0.39, 0.29) is 0 Å². The molecule has 0 radical (unpaired) electrons. The monoisotopic (exact) mass is 387 g/mol.